The molecule has 0 spiro atoms. The molecule has 0 aromatic heterocycles. The number of hydrogen-bond donors (Lipinski definition) is 1. The fourth-order valence-corrected chi connectivity index (χ4v) is 2.90. The third kappa shape index (κ3) is 2.51. The molecule has 1 atom stereocenters. The predicted molar refractivity (Wildman–Crippen MR) is 71.8 cm³/mol. The van der Waals surface area contributed by atoms with Gasteiger partial charge in [-0.15, -0.1) is 0 Å². The van der Waals surface area contributed by atoms with Crippen LogP contribution in [0.25, 0.3) is 0 Å². The fourth-order valence-electron chi connectivity index (χ4n) is 2.54. The van der Waals surface area contributed by atoms with E-state index >= 15 is 0 Å². The molecule has 3 nitrogen and oxygen atoms in total. The van der Waals surface area contributed by atoms with Crippen LogP contribution >= 0.6 is 15.9 Å². The van der Waals surface area contributed by atoms with E-state index in [1.807, 2.05) is 0 Å². The Labute approximate surface area is 122 Å². The maximum atomic E-state index is 13.1. The molecule has 1 unspecified atom stereocenters. The van der Waals surface area contributed by atoms with Gasteiger partial charge in [-0.3, -0.25) is 0 Å². The van der Waals surface area contributed by atoms with E-state index in [1.54, 1.807) is 0 Å². The van der Waals surface area contributed by atoms with Gasteiger partial charge in [0, 0.05) is 16.7 Å². The molecule has 1 fully saturated rings. The van der Waals surface area contributed by atoms with Crippen LogP contribution in [0.1, 0.15) is 25.3 Å². The molecule has 1 N–H and O–H groups in total. The van der Waals surface area contributed by atoms with E-state index in [2.05, 4.69) is 15.9 Å². The average molecular weight is 352 g/mol. The Balaban J connectivity index is 2.56. The van der Waals surface area contributed by atoms with Crippen molar-refractivity contribution in [2.24, 2.45) is 0 Å². The third-order valence-corrected chi connectivity index (χ3v) is 4.15. The van der Waals surface area contributed by atoms with E-state index in [1.165, 1.54) is 24.0 Å². The SMILES string of the molecule is CC1(C(=O)O)CCCN1c1ccc(Br)cc1C(F)(F)F. The lowest BCUT2D eigenvalue weighted by Crippen LogP contribution is -2.48. The van der Waals surface area contributed by atoms with Gasteiger partial charge >= 0.3 is 12.1 Å². The Kier molecular flexibility index (Phi) is 3.75. The second kappa shape index (κ2) is 4.95. The molecular formula is C13H13BrF3NO2. The minimum Gasteiger partial charge on any atom is -0.480 e. The fraction of sp³-hybridized carbons (Fsp3) is 0.462. The zero-order chi connectivity index (χ0) is 15.1. The average Bonchev–Trinajstić information content (AvgIpc) is 2.71. The highest BCUT2D eigenvalue weighted by Crippen LogP contribution is 2.43. The van der Waals surface area contributed by atoms with Crippen LogP contribution in [0.3, 0.4) is 0 Å². The van der Waals surface area contributed by atoms with E-state index in [-0.39, 0.29) is 5.69 Å². The van der Waals surface area contributed by atoms with Crippen molar-refractivity contribution in [2.45, 2.75) is 31.5 Å². The van der Waals surface area contributed by atoms with E-state index in [0.717, 1.165) is 6.07 Å². The summed E-state index contributed by atoms with van der Waals surface area (Å²) >= 11 is 3.02. The molecule has 1 aliphatic rings. The number of alkyl halides is 3. The highest BCUT2D eigenvalue weighted by molar-refractivity contribution is 9.10. The smallest absolute Gasteiger partial charge is 0.418 e. The van der Waals surface area contributed by atoms with E-state index < -0.39 is 23.2 Å². The molecule has 0 saturated carbocycles. The summed E-state index contributed by atoms with van der Waals surface area (Å²) in [5.74, 6) is -1.11. The number of carbonyl (C=O) groups is 1. The van der Waals surface area contributed by atoms with Gasteiger partial charge in [0.25, 0.3) is 0 Å². The largest absolute Gasteiger partial charge is 0.480 e. The van der Waals surface area contributed by atoms with Crippen molar-refractivity contribution >= 4 is 27.6 Å². The Bertz CT molecular complexity index is 547. The van der Waals surface area contributed by atoms with Crippen molar-refractivity contribution in [3.8, 4) is 0 Å². The van der Waals surface area contributed by atoms with Crippen LogP contribution in [0, 0.1) is 0 Å². The number of aliphatic carboxylic acids is 1. The third-order valence-electron chi connectivity index (χ3n) is 3.66. The van der Waals surface area contributed by atoms with Crippen molar-refractivity contribution in [1.82, 2.24) is 0 Å². The summed E-state index contributed by atoms with van der Waals surface area (Å²) in [5, 5.41) is 9.32. The second-order valence-corrected chi connectivity index (χ2v) is 5.91. The van der Waals surface area contributed by atoms with E-state index in [0.29, 0.717) is 23.9 Å². The molecule has 1 aromatic rings. The Morgan fingerprint density at radius 1 is 1.45 bits per heavy atom. The minimum absolute atomic E-state index is 0.0805. The molecule has 1 heterocycles. The molecule has 2 rings (SSSR count). The van der Waals surface area contributed by atoms with Crippen LogP contribution in [0.4, 0.5) is 18.9 Å². The number of nitrogens with zero attached hydrogens (tertiary/aromatic N) is 1. The highest BCUT2D eigenvalue weighted by atomic mass is 79.9. The van der Waals surface area contributed by atoms with E-state index in [4.69, 9.17) is 0 Å². The first-order valence-electron chi connectivity index (χ1n) is 6.04. The lowest BCUT2D eigenvalue weighted by Gasteiger charge is -2.34. The van der Waals surface area contributed by atoms with Gasteiger partial charge in [0.05, 0.1) is 5.56 Å². The van der Waals surface area contributed by atoms with Gasteiger partial charge in [-0.05, 0) is 38.0 Å². The van der Waals surface area contributed by atoms with Crippen LogP contribution in [-0.2, 0) is 11.0 Å². The topological polar surface area (TPSA) is 40.5 Å². The summed E-state index contributed by atoms with van der Waals surface area (Å²) in [6.07, 6.45) is -3.65. The molecule has 110 valence electrons. The van der Waals surface area contributed by atoms with Crippen LogP contribution in [0.5, 0.6) is 0 Å². The zero-order valence-corrected chi connectivity index (χ0v) is 12.3. The molecule has 20 heavy (non-hydrogen) atoms. The molecule has 1 aliphatic heterocycles. The summed E-state index contributed by atoms with van der Waals surface area (Å²) in [6, 6.07) is 3.79. The maximum absolute atomic E-state index is 13.1. The van der Waals surface area contributed by atoms with Gasteiger partial charge in [0.15, 0.2) is 0 Å². The molecule has 7 heteroatoms. The number of benzene rings is 1. The van der Waals surface area contributed by atoms with Crippen molar-refractivity contribution in [3.63, 3.8) is 0 Å². The molecule has 1 aromatic carbocycles. The number of carboxylic acid groups (broad SMARTS) is 1. The normalized spacial score (nSPS) is 23.1. The second-order valence-electron chi connectivity index (χ2n) is 4.99. The molecular weight excluding hydrogens is 339 g/mol. The summed E-state index contributed by atoms with van der Waals surface area (Å²) in [5.41, 5.74) is -2.20. The lowest BCUT2D eigenvalue weighted by atomic mass is 9.98. The van der Waals surface area contributed by atoms with Gasteiger partial charge in [0.1, 0.15) is 5.54 Å². The first kappa shape index (κ1) is 15.2. The number of halogens is 4. The van der Waals surface area contributed by atoms with Crippen LogP contribution in [0.2, 0.25) is 0 Å². The molecule has 0 aliphatic carbocycles. The number of hydrogen-bond acceptors (Lipinski definition) is 2. The number of carboxylic acids is 1. The molecule has 0 bridgehead atoms. The monoisotopic (exact) mass is 351 g/mol. The van der Waals surface area contributed by atoms with E-state index in [9.17, 15) is 23.1 Å². The van der Waals surface area contributed by atoms with Gasteiger partial charge in [-0.1, -0.05) is 15.9 Å². The van der Waals surface area contributed by atoms with Crippen molar-refractivity contribution in [1.29, 1.82) is 0 Å². The molecule has 0 amide bonds. The van der Waals surface area contributed by atoms with Crippen molar-refractivity contribution in [3.05, 3.63) is 28.2 Å². The van der Waals surface area contributed by atoms with Gasteiger partial charge in [0.2, 0.25) is 0 Å². The first-order valence-corrected chi connectivity index (χ1v) is 6.83. The first-order chi connectivity index (χ1) is 9.16. The Hall–Kier alpha value is -1.24. The molecule has 0 radical (unpaired) electrons. The quantitative estimate of drug-likeness (QED) is 0.877. The maximum Gasteiger partial charge on any atom is 0.418 e. The predicted octanol–water partition coefficient (Wildman–Crippen LogP) is 3.91. The van der Waals surface area contributed by atoms with Crippen LogP contribution in [-0.4, -0.2) is 23.2 Å². The van der Waals surface area contributed by atoms with Crippen molar-refractivity contribution in [2.75, 3.05) is 11.4 Å². The summed E-state index contributed by atoms with van der Waals surface area (Å²) in [6.45, 7) is 1.76. The van der Waals surface area contributed by atoms with Gasteiger partial charge in [-0.25, -0.2) is 4.79 Å². The summed E-state index contributed by atoms with van der Waals surface area (Å²) < 4.78 is 39.7. The Morgan fingerprint density at radius 3 is 2.65 bits per heavy atom. The van der Waals surface area contributed by atoms with Crippen molar-refractivity contribution < 1.29 is 23.1 Å². The Morgan fingerprint density at radius 2 is 2.10 bits per heavy atom. The standard InChI is InChI=1S/C13H13BrF3NO2/c1-12(11(19)20)5-2-6-18(12)10-4-3-8(14)7-9(10)13(15,16)17/h3-4,7H,2,5-6H2,1H3,(H,19,20). The summed E-state index contributed by atoms with van der Waals surface area (Å²) in [7, 11) is 0. The minimum atomic E-state index is -4.53. The van der Waals surface area contributed by atoms with Gasteiger partial charge < -0.3 is 10.0 Å². The zero-order valence-electron chi connectivity index (χ0n) is 10.7. The highest BCUT2D eigenvalue weighted by Gasteiger charge is 2.46. The number of anilines is 1. The van der Waals surface area contributed by atoms with Crippen LogP contribution < -0.4 is 4.90 Å². The summed E-state index contributed by atoms with van der Waals surface area (Å²) in [4.78, 5) is 12.7. The number of rotatable bonds is 2. The molecule has 1 saturated heterocycles. The lowest BCUT2D eigenvalue weighted by molar-refractivity contribution is -0.143. The van der Waals surface area contributed by atoms with Gasteiger partial charge in [-0.2, -0.15) is 13.2 Å². The van der Waals surface area contributed by atoms with Crippen LogP contribution in [0.15, 0.2) is 22.7 Å².